The predicted molar refractivity (Wildman–Crippen MR) is 216 cm³/mol. The Morgan fingerprint density at radius 3 is 2.18 bits per heavy atom. The lowest BCUT2D eigenvalue weighted by molar-refractivity contribution is 0.409. The zero-order valence-corrected chi connectivity index (χ0v) is 28.9. The molecule has 4 nitrogen and oxygen atoms in total. The van der Waals surface area contributed by atoms with Crippen LogP contribution < -0.4 is 10.6 Å². The highest BCUT2D eigenvalue weighted by Crippen LogP contribution is 2.44. The highest BCUT2D eigenvalue weighted by Gasteiger charge is 2.27. The highest BCUT2D eigenvalue weighted by atomic mass is 32.1. The van der Waals surface area contributed by atoms with Crippen molar-refractivity contribution in [3.05, 3.63) is 168 Å². The van der Waals surface area contributed by atoms with E-state index in [2.05, 4.69) is 150 Å². The van der Waals surface area contributed by atoms with Gasteiger partial charge in [-0.1, -0.05) is 115 Å². The van der Waals surface area contributed by atoms with Crippen LogP contribution in [-0.2, 0) is 0 Å². The van der Waals surface area contributed by atoms with Crippen molar-refractivity contribution in [3.63, 3.8) is 0 Å². The van der Waals surface area contributed by atoms with Crippen LogP contribution >= 0.6 is 22.7 Å². The lowest BCUT2D eigenvalue weighted by atomic mass is 9.97. The quantitative estimate of drug-likeness (QED) is 0.193. The van der Waals surface area contributed by atoms with E-state index in [0.717, 1.165) is 44.5 Å². The number of benzene rings is 7. The van der Waals surface area contributed by atoms with Gasteiger partial charge in [-0.2, -0.15) is 0 Å². The summed E-state index contributed by atoms with van der Waals surface area (Å²) in [5.41, 5.74) is 7.56. The van der Waals surface area contributed by atoms with Gasteiger partial charge in [0.2, 0.25) is 0 Å². The number of nitrogens with zero attached hydrogens (tertiary/aromatic N) is 1. The first kappa shape index (κ1) is 29.0. The molecule has 0 bridgehead atoms. The van der Waals surface area contributed by atoms with Gasteiger partial charge >= 0.3 is 0 Å². The number of amidine groups is 1. The molecule has 4 heterocycles. The van der Waals surface area contributed by atoms with Crippen LogP contribution in [0.5, 0.6) is 0 Å². The standard InChI is InChI=1S/C45H29N3OS2/c1-2-10-26(11-3-1)43-46-44(27-21-23-38-35(24-27)30-13-5-7-18-37(30)50-38)48-45(47-43)28-20-22-34-40(25-28)51-39-19-9-14-31(41(34)39)33-16-8-15-32-29-12-4-6-17-36(29)49-42(32)33/h1-25,44-45,48H,(H,46,47). The van der Waals surface area contributed by atoms with E-state index in [4.69, 9.17) is 9.41 Å². The lowest BCUT2D eigenvalue weighted by Crippen LogP contribution is -2.44. The molecular weight excluding hydrogens is 663 g/mol. The van der Waals surface area contributed by atoms with Crippen LogP contribution in [0.1, 0.15) is 29.0 Å². The Bertz CT molecular complexity index is 3010. The van der Waals surface area contributed by atoms with Crippen LogP contribution in [0.4, 0.5) is 0 Å². The first-order valence-electron chi connectivity index (χ1n) is 17.2. The molecule has 1 aliphatic rings. The summed E-state index contributed by atoms with van der Waals surface area (Å²) in [5, 5.41) is 15.0. The second kappa shape index (κ2) is 11.4. The molecule has 11 rings (SSSR count). The first-order valence-corrected chi connectivity index (χ1v) is 18.8. The maximum Gasteiger partial charge on any atom is 0.143 e. The minimum absolute atomic E-state index is 0.143. The van der Waals surface area contributed by atoms with Gasteiger partial charge in [-0.15, -0.1) is 22.7 Å². The van der Waals surface area contributed by atoms with Gasteiger partial charge in [0.05, 0.1) is 0 Å². The molecule has 6 heteroatoms. The van der Waals surface area contributed by atoms with Crippen molar-refractivity contribution in [2.24, 2.45) is 4.99 Å². The second-order valence-corrected chi connectivity index (χ2v) is 15.3. The van der Waals surface area contributed by atoms with Crippen molar-refractivity contribution in [2.45, 2.75) is 12.3 Å². The van der Waals surface area contributed by atoms with Crippen molar-refractivity contribution in [3.8, 4) is 11.1 Å². The highest BCUT2D eigenvalue weighted by molar-refractivity contribution is 7.26. The molecule has 7 aromatic carbocycles. The number of furan rings is 1. The minimum atomic E-state index is -0.219. The number of hydrogen-bond acceptors (Lipinski definition) is 6. The molecule has 2 unspecified atom stereocenters. The fourth-order valence-electron chi connectivity index (χ4n) is 7.76. The number of para-hydroxylation sites is 2. The van der Waals surface area contributed by atoms with E-state index >= 15 is 0 Å². The van der Waals surface area contributed by atoms with E-state index < -0.39 is 0 Å². The Morgan fingerprint density at radius 1 is 0.510 bits per heavy atom. The Morgan fingerprint density at radius 2 is 1.24 bits per heavy atom. The summed E-state index contributed by atoms with van der Waals surface area (Å²) in [6.45, 7) is 0. The Balaban J connectivity index is 1.02. The average molecular weight is 692 g/mol. The summed E-state index contributed by atoms with van der Waals surface area (Å²) in [6.07, 6.45) is -0.362. The van der Waals surface area contributed by atoms with Crippen LogP contribution in [0.2, 0.25) is 0 Å². The predicted octanol–water partition coefficient (Wildman–Crippen LogP) is 12.3. The summed E-state index contributed by atoms with van der Waals surface area (Å²) in [6, 6.07) is 54.2. The fraction of sp³-hybridized carbons (Fsp3) is 0.0444. The van der Waals surface area contributed by atoms with E-state index in [-0.39, 0.29) is 12.3 Å². The number of aliphatic imine (C=N–C) groups is 1. The minimum Gasteiger partial charge on any atom is -0.455 e. The molecule has 0 saturated carbocycles. The summed E-state index contributed by atoms with van der Waals surface area (Å²) < 4.78 is 11.6. The van der Waals surface area contributed by atoms with Crippen molar-refractivity contribution in [2.75, 3.05) is 0 Å². The van der Waals surface area contributed by atoms with Crippen molar-refractivity contribution < 1.29 is 4.42 Å². The molecule has 0 saturated heterocycles. The topological polar surface area (TPSA) is 49.6 Å². The van der Waals surface area contributed by atoms with E-state index in [9.17, 15) is 0 Å². The molecule has 0 fully saturated rings. The van der Waals surface area contributed by atoms with E-state index in [1.165, 1.54) is 51.5 Å². The number of thiophene rings is 2. The zero-order chi connectivity index (χ0) is 33.5. The lowest BCUT2D eigenvalue weighted by Gasteiger charge is -2.32. The SMILES string of the molecule is c1ccc(C2=NC(c3ccc4sc5ccccc5c4c3)NC(c3ccc4c(c3)sc3cccc(-c5cccc6c5oc5ccccc56)c34)N2)cc1. The van der Waals surface area contributed by atoms with Gasteiger partial charge in [-0.25, -0.2) is 4.99 Å². The van der Waals surface area contributed by atoms with Crippen molar-refractivity contribution >= 4 is 90.8 Å². The van der Waals surface area contributed by atoms with Gasteiger partial charge in [0.25, 0.3) is 0 Å². The molecule has 242 valence electrons. The number of nitrogens with one attached hydrogen (secondary N) is 2. The fourth-order valence-corrected chi connectivity index (χ4v) is 10.0. The molecular formula is C45H29N3OS2. The van der Waals surface area contributed by atoms with Gasteiger partial charge in [0.1, 0.15) is 29.3 Å². The molecule has 0 spiro atoms. The zero-order valence-electron chi connectivity index (χ0n) is 27.3. The first-order chi connectivity index (χ1) is 25.2. The van der Waals surface area contributed by atoms with Gasteiger partial charge in [0, 0.05) is 62.2 Å². The summed E-state index contributed by atoms with van der Waals surface area (Å²) in [7, 11) is 0. The molecule has 2 N–H and O–H groups in total. The molecule has 51 heavy (non-hydrogen) atoms. The monoisotopic (exact) mass is 691 g/mol. The molecule has 10 aromatic rings. The smallest absolute Gasteiger partial charge is 0.143 e. The summed E-state index contributed by atoms with van der Waals surface area (Å²) in [4.78, 5) is 5.24. The van der Waals surface area contributed by atoms with E-state index in [1.54, 1.807) is 0 Å². The molecule has 2 atom stereocenters. The van der Waals surface area contributed by atoms with Gasteiger partial charge < -0.3 is 9.73 Å². The number of hydrogen-bond donors (Lipinski definition) is 2. The third kappa shape index (κ3) is 4.65. The van der Waals surface area contributed by atoms with Crippen LogP contribution in [0, 0.1) is 0 Å². The van der Waals surface area contributed by atoms with Crippen LogP contribution in [0.25, 0.3) is 73.4 Å². The van der Waals surface area contributed by atoms with Gasteiger partial charge in [0.15, 0.2) is 0 Å². The van der Waals surface area contributed by atoms with Crippen LogP contribution in [0.3, 0.4) is 0 Å². The Kier molecular flexibility index (Phi) is 6.46. The van der Waals surface area contributed by atoms with Crippen molar-refractivity contribution in [1.82, 2.24) is 10.6 Å². The van der Waals surface area contributed by atoms with E-state index in [1.807, 2.05) is 34.8 Å². The average Bonchev–Trinajstić information content (AvgIpc) is 3.88. The Hall–Kier alpha value is -5.79. The largest absolute Gasteiger partial charge is 0.455 e. The molecule has 1 aliphatic heterocycles. The maximum atomic E-state index is 6.48. The maximum absolute atomic E-state index is 6.48. The molecule has 0 radical (unpaired) electrons. The molecule has 0 aliphatic carbocycles. The Labute approximate surface area is 301 Å². The van der Waals surface area contributed by atoms with Crippen LogP contribution in [0.15, 0.2) is 161 Å². The summed E-state index contributed by atoms with van der Waals surface area (Å²) in [5.74, 6) is 0.886. The third-order valence-corrected chi connectivity index (χ3v) is 12.4. The van der Waals surface area contributed by atoms with Crippen molar-refractivity contribution in [1.29, 1.82) is 0 Å². The molecule has 3 aromatic heterocycles. The summed E-state index contributed by atoms with van der Waals surface area (Å²) >= 11 is 3.68. The molecule has 0 amide bonds. The van der Waals surface area contributed by atoms with Gasteiger partial charge in [-0.05, 0) is 53.1 Å². The second-order valence-electron chi connectivity index (χ2n) is 13.2. The van der Waals surface area contributed by atoms with Gasteiger partial charge in [-0.3, -0.25) is 5.32 Å². The van der Waals surface area contributed by atoms with E-state index in [0.29, 0.717) is 0 Å². The van der Waals surface area contributed by atoms with Crippen LogP contribution in [-0.4, -0.2) is 5.84 Å². The normalized spacial score (nSPS) is 16.4. The number of fused-ring (bicyclic) bond motifs is 9. The number of rotatable bonds is 4. The third-order valence-electron chi connectivity index (χ3n) is 10.2.